The number of thioether (sulfide) groups is 1. The Hall–Kier alpha value is -1.16. The van der Waals surface area contributed by atoms with E-state index in [1.54, 1.807) is 22.7 Å². The molecule has 5 nitrogen and oxygen atoms in total. The number of hydrogen-bond acceptors (Lipinski definition) is 6. The molecule has 3 heterocycles. The van der Waals surface area contributed by atoms with Crippen LogP contribution in [0.5, 0.6) is 0 Å². The van der Waals surface area contributed by atoms with Crippen LogP contribution in [0, 0.1) is 0 Å². The predicted octanol–water partition coefficient (Wildman–Crippen LogP) is 5.31. The SMILES string of the molecule is CCN(Cc1ccc(Br)s1)C(=O)CSc1nnc(-c2cccs2)n1C1CC1. The van der Waals surface area contributed by atoms with E-state index in [9.17, 15) is 4.79 Å². The second kappa shape index (κ2) is 8.46. The number of amides is 1. The van der Waals surface area contributed by atoms with Gasteiger partial charge < -0.3 is 4.90 Å². The van der Waals surface area contributed by atoms with Crippen molar-refractivity contribution in [2.24, 2.45) is 0 Å². The molecular weight excluding hydrogens is 464 g/mol. The maximum atomic E-state index is 12.7. The van der Waals surface area contributed by atoms with Crippen molar-refractivity contribution in [2.45, 2.75) is 37.5 Å². The van der Waals surface area contributed by atoms with Gasteiger partial charge in [-0.25, -0.2) is 0 Å². The second-order valence-electron chi connectivity index (χ2n) is 6.29. The lowest BCUT2D eigenvalue weighted by Crippen LogP contribution is -2.31. The summed E-state index contributed by atoms with van der Waals surface area (Å²) in [6.45, 7) is 3.37. The van der Waals surface area contributed by atoms with Gasteiger partial charge >= 0.3 is 0 Å². The highest BCUT2D eigenvalue weighted by molar-refractivity contribution is 9.11. The minimum absolute atomic E-state index is 0.134. The number of thiophene rings is 2. The van der Waals surface area contributed by atoms with Crippen molar-refractivity contribution in [3.8, 4) is 10.7 Å². The standard InChI is InChI=1S/C18H19BrN4OS3/c1-2-22(10-13-7-8-15(19)27-13)16(24)11-26-18-21-20-17(14-4-3-9-25-14)23(18)12-5-6-12/h3-4,7-9,12H,2,5-6,10-11H2,1H3. The van der Waals surface area contributed by atoms with Crippen LogP contribution in [0.1, 0.15) is 30.7 Å². The van der Waals surface area contributed by atoms with Gasteiger partial charge in [0.15, 0.2) is 11.0 Å². The van der Waals surface area contributed by atoms with E-state index >= 15 is 0 Å². The number of rotatable bonds is 8. The number of carbonyl (C=O) groups excluding carboxylic acids is 1. The normalized spacial score (nSPS) is 13.9. The minimum Gasteiger partial charge on any atom is -0.337 e. The van der Waals surface area contributed by atoms with Crippen LogP contribution in [-0.4, -0.2) is 37.9 Å². The van der Waals surface area contributed by atoms with Crippen molar-refractivity contribution in [3.05, 3.63) is 38.3 Å². The first-order valence-corrected chi connectivity index (χ1v) is 12.3. The topological polar surface area (TPSA) is 51.0 Å². The lowest BCUT2D eigenvalue weighted by atomic mass is 10.4. The molecule has 0 atom stereocenters. The van der Waals surface area contributed by atoms with E-state index in [4.69, 9.17) is 0 Å². The molecule has 0 aliphatic heterocycles. The molecule has 1 aliphatic carbocycles. The van der Waals surface area contributed by atoms with Gasteiger partial charge in [0.25, 0.3) is 0 Å². The Balaban J connectivity index is 1.44. The number of nitrogens with zero attached hydrogens (tertiary/aromatic N) is 4. The van der Waals surface area contributed by atoms with Crippen LogP contribution in [0.25, 0.3) is 10.7 Å². The molecule has 0 N–H and O–H groups in total. The van der Waals surface area contributed by atoms with E-state index < -0.39 is 0 Å². The van der Waals surface area contributed by atoms with Gasteiger partial charge in [-0.05, 0) is 59.3 Å². The molecule has 4 rings (SSSR count). The quantitative estimate of drug-likeness (QED) is 0.408. The molecule has 3 aromatic heterocycles. The Morgan fingerprint density at radius 3 is 2.85 bits per heavy atom. The monoisotopic (exact) mass is 482 g/mol. The lowest BCUT2D eigenvalue weighted by molar-refractivity contribution is -0.128. The fourth-order valence-corrected chi connectivity index (χ4v) is 5.94. The van der Waals surface area contributed by atoms with Gasteiger partial charge in [-0.2, -0.15) is 0 Å². The molecule has 0 aromatic carbocycles. The molecule has 0 bridgehead atoms. The van der Waals surface area contributed by atoms with Crippen molar-refractivity contribution in [1.29, 1.82) is 0 Å². The number of hydrogen-bond donors (Lipinski definition) is 0. The van der Waals surface area contributed by atoms with Gasteiger partial charge in [0, 0.05) is 17.5 Å². The maximum Gasteiger partial charge on any atom is 0.233 e. The van der Waals surface area contributed by atoms with Gasteiger partial charge in [0.2, 0.25) is 5.91 Å². The smallest absolute Gasteiger partial charge is 0.233 e. The first kappa shape index (κ1) is 19.2. The summed E-state index contributed by atoms with van der Waals surface area (Å²) in [6.07, 6.45) is 2.32. The molecule has 0 radical (unpaired) electrons. The van der Waals surface area contributed by atoms with Crippen LogP contribution >= 0.6 is 50.4 Å². The van der Waals surface area contributed by atoms with Crippen LogP contribution in [0.15, 0.2) is 38.6 Å². The van der Waals surface area contributed by atoms with E-state index in [0.29, 0.717) is 24.9 Å². The third kappa shape index (κ3) is 4.47. The van der Waals surface area contributed by atoms with Crippen molar-refractivity contribution >= 4 is 56.3 Å². The molecule has 1 fully saturated rings. The molecule has 27 heavy (non-hydrogen) atoms. The molecule has 1 aliphatic rings. The van der Waals surface area contributed by atoms with Crippen LogP contribution in [0.2, 0.25) is 0 Å². The van der Waals surface area contributed by atoms with Crippen LogP contribution in [0.3, 0.4) is 0 Å². The Morgan fingerprint density at radius 1 is 1.37 bits per heavy atom. The Morgan fingerprint density at radius 2 is 2.22 bits per heavy atom. The first-order valence-electron chi connectivity index (χ1n) is 8.79. The summed E-state index contributed by atoms with van der Waals surface area (Å²) < 4.78 is 3.31. The zero-order valence-corrected chi connectivity index (χ0v) is 18.8. The summed E-state index contributed by atoms with van der Waals surface area (Å²) in [5, 5.41) is 11.7. The molecule has 142 valence electrons. The van der Waals surface area contributed by atoms with Gasteiger partial charge in [-0.1, -0.05) is 17.8 Å². The lowest BCUT2D eigenvalue weighted by Gasteiger charge is -2.20. The minimum atomic E-state index is 0.134. The third-order valence-electron chi connectivity index (χ3n) is 4.35. The molecule has 0 saturated heterocycles. The van der Waals surface area contributed by atoms with Crippen molar-refractivity contribution in [2.75, 3.05) is 12.3 Å². The highest BCUT2D eigenvalue weighted by Crippen LogP contribution is 2.41. The summed E-state index contributed by atoms with van der Waals surface area (Å²) in [5.74, 6) is 1.45. The number of carbonyl (C=O) groups is 1. The Labute approximate surface area is 178 Å². The zero-order valence-electron chi connectivity index (χ0n) is 14.8. The second-order valence-corrected chi connectivity index (χ2v) is 10.7. The van der Waals surface area contributed by atoms with E-state index in [-0.39, 0.29) is 5.91 Å². The van der Waals surface area contributed by atoms with Gasteiger partial charge in [-0.15, -0.1) is 32.9 Å². The predicted molar refractivity (Wildman–Crippen MR) is 115 cm³/mol. The number of halogens is 1. The van der Waals surface area contributed by atoms with E-state index in [2.05, 4.69) is 48.2 Å². The summed E-state index contributed by atoms with van der Waals surface area (Å²) in [4.78, 5) is 16.9. The van der Waals surface area contributed by atoms with Crippen LogP contribution in [-0.2, 0) is 11.3 Å². The fraction of sp³-hybridized carbons (Fsp3) is 0.389. The first-order chi connectivity index (χ1) is 13.2. The highest BCUT2D eigenvalue weighted by atomic mass is 79.9. The van der Waals surface area contributed by atoms with Gasteiger partial charge in [0.05, 0.1) is 21.0 Å². The fourth-order valence-electron chi connectivity index (χ4n) is 2.83. The van der Waals surface area contributed by atoms with E-state index in [1.165, 1.54) is 16.6 Å². The Kier molecular flexibility index (Phi) is 6.01. The zero-order chi connectivity index (χ0) is 18.8. The molecule has 0 unspecified atom stereocenters. The third-order valence-corrected chi connectivity index (χ3v) is 7.75. The summed E-state index contributed by atoms with van der Waals surface area (Å²) in [7, 11) is 0. The van der Waals surface area contributed by atoms with Crippen LogP contribution in [0.4, 0.5) is 0 Å². The van der Waals surface area contributed by atoms with Crippen LogP contribution < -0.4 is 0 Å². The highest BCUT2D eigenvalue weighted by Gasteiger charge is 2.30. The Bertz CT molecular complexity index is 917. The molecule has 3 aromatic rings. The summed E-state index contributed by atoms with van der Waals surface area (Å²) in [6, 6.07) is 8.67. The molecule has 1 saturated carbocycles. The van der Waals surface area contributed by atoms with Crippen molar-refractivity contribution in [1.82, 2.24) is 19.7 Å². The van der Waals surface area contributed by atoms with E-state index in [1.807, 2.05) is 24.0 Å². The maximum absolute atomic E-state index is 12.7. The van der Waals surface area contributed by atoms with E-state index in [0.717, 1.165) is 32.5 Å². The van der Waals surface area contributed by atoms with Gasteiger partial charge in [-0.3, -0.25) is 9.36 Å². The molecule has 1 amide bonds. The average molecular weight is 483 g/mol. The average Bonchev–Trinajstić information content (AvgIpc) is 3.06. The largest absolute Gasteiger partial charge is 0.337 e. The summed E-state index contributed by atoms with van der Waals surface area (Å²) >= 11 is 8.32. The number of aromatic nitrogens is 3. The molecular formula is C18H19BrN4OS3. The molecule has 9 heteroatoms. The summed E-state index contributed by atoms with van der Waals surface area (Å²) in [5.41, 5.74) is 0. The van der Waals surface area contributed by atoms with Crippen molar-refractivity contribution in [3.63, 3.8) is 0 Å². The van der Waals surface area contributed by atoms with Gasteiger partial charge in [0.1, 0.15) is 0 Å². The van der Waals surface area contributed by atoms with Crippen molar-refractivity contribution < 1.29 is 4.79 Å². The molecule has 0 spiro atoms.